The Hall–Kier alpha value is -1.31. The summed E-state index contributed by atoms with van der Waals surface area (Å²) >= 11 is 0. The van der Waals surface area contributed by atoms with Crippen molar-refractivity contribution in [3.8, 4) is 5.75 Å². The normalized spacial score (nSPS) is 12.2. The molecular weight excluding hydrogens is 176 g/mol. The minimum absolute atomic E-state index is 0.0730. The molecule has 0 aliphatic carbocycles. The van der Waals surface area contributed by atoms with Crippen LogP contribution in [0.15, 0.2) is 24.3 Å². The maximum absolute atomic E-state index is 11.5. The van der Waals surface area contributed by atoms with Gasteiger partial charge in [0.15, 0.2) is 0 Å². The molecule has 76 valence electrons. The fourth-order valence-corrected chi connectivity index (χ4v) is 1.50. The zero-order valence-electron chi connectivity index (χ0n) is 8.91. The van der Waals surface area contributed by atoms with Gasteiger partial charge in [0, 0.05) is 17.9 Å². The Morgan fingerprint density at radius 3 is 2.64 bits per heavy atom. The third-order valence-corrected chi connectivity index (χ3v) is 2.44. The van der Waals surface area contributed by atoms with Gasteiger partial charge in [-0.3, -0.25) is 4.79 Å². The predicted molar refractivity (Wildman–Crippen MR) is 56.7 cm³/mol. The number of para-hydroxylation sites is 1. The van der Waals surface area contributed by atoms with E-state index in [2.05, 4.69) is 0 Å². The van der Waals surface area contributed by atoms with Crippen molar-refractivity contribution in [2.75, 3.05) is 7.11 Å². The third-order valence-electron chi connectivity index (χ3n) is 2.44. The Labute approximate surface area is 84.9 Å². The highest BCUT2D eigenvalue weighted by atomic mass is 16.5. The summed E-state index contributed by atoms with van der Waals surface area (Å²) in [5.74, 6) is 0.965. The van der Waals surface area contributed by atoms with Crippen LogP contribution in [0, 0.1) is 0 Å². The van der Waals surface area contributed by atoms with Gasteiger partial charge >= 0.3 is 0 Å². The van der Waals surface area contributed by atoms with E-state index in [4.69, 9.17) is 4.74 Å². The first kappa shape index (κ1) is 10.8. The average molecular weight is 192 g/mol. The van der Waals surface area contributed by atoms with Gasteiger partial charge in [0.25, 0.3) is 0 Å². The van der Waals surface area contributed by atoms with E-state index in [-0.39, 0.29) is 11.7 Å². The van der Waals surface area contributed by atoms with Crippen LogP contribution in [0.1, 0.15) is 31.7 Å². The van der Waals surface area contributed by atoms with E-state index in [0.29, 0.717) is 6.42 Å². The Bertz CT molecular complexity index is 318. The molecular formula is C12H16O2. The van der Waals surface area contributed by atoms with Crippen LogP contribution >= 0.6 is 0 Å². The molecule has 0 saturated heterocycles. The number of rotatable bonds is 4. The maximum Gasteiger partial charge on any atom is 0.139 e. The largest absolute Gasteiger partial charge is 0.496 e. The van der Waals surface area contributed by atoms with Crippen molar-refractivity contribution in [1.29, 1.82) is 0 Å². The lowest BCUT2D eigenvalue weighted by Gasteiger charge is -2.13. The van der Waals surface area contributed by atoms with Crippen LogP contribution in [-0.2, 0) is 4.79 Å². The first-order valence-electron chi connectivity index (χ1n) is 4.86. The molecule has 1 aromatic carbocycles. The zero-order valence-corrected chi connectivity index (χ0v) is 8.91. The van der Waals surface area contributed by atoms with E-state index in [0.717, 1.165) is 11.3 Å². The van der Waals surface area contributed by atoms with E-state index in [9.17, 15) is 4.79 Å². The van der Waals surface area contributed by atoms with Gasteiger partial charge in [-0.05, 0) is 6.07 Å². The molecule has 0 amide bonds. The standard InChI is InChI=1S/C12H16O2/c1-4-11(13)9(2)10-7-5-6-8-12(10)14-3/h5-9H,4H2,1-3H3. The van der Waals surface area contributed by atoms with E-state index in [1.54, 1.807) is 7.11 Å². The fourth-order valence-electron chi connectivity index (χ4n) is 1.50. The second kappa shape index (κ2) is 4.80. The van der Waals surface area contributed by atoms with Crippen LogP contribution in [-0.4, -0.2) is 12.9 Å². The summed E-state index contributed by atoms with van der Waals surface area (Å²) in [6.07, 6.45) is 0.569. The Kier molecular flexibility index (Phi) is 3.69. The number of methoxy groups -OCH3 is 1. The lowest BCUT2D eigenvalue weighted by atomic mass is 9.94. The summed E-state index contributed by atoms with van der Waals surface area (Å²) in [7, 11) is 1.63. The second-order valence-corrected chi connectivity index (χ2v) is 3.28. The smallest absolute Gasteiger partial charge is 0.139 e. The number of benzene rings is 1. The number of ether oxygens (including phenoxy) is 1. The van der Waals surface area contributed by atoms with Crippen molar-refractivity contribution in [2.24, 2.45) is 0 Å². The number of Topliss-reactive ketones (excluding diaryl/α,β-unsaturated/α-hetero) is 1. The van der Waals surface area contributed by atoms with Crippen LogP contribution in [0.3, 0.4) is 0 Å². The fraction of sp³-hybridized carbons (Fsp3) is 0.417. The molecule has 0 spiro atoms. The molecule has 1 aromatic rings. The van der Waals surface area contributed by atoms with Gasteiger partial charge in [-0.25, -0.2) is 0 Å². The molecule has 0 aliphatic heterocycles. The molecule has 0 N–H and O–H groups in total. The third kappa shape index (κ3) is 2.13. The van der Waals surface area contributed by atoms with Crippen LogP contribution in [0.5, 0.6) is 5.75 Å². The highest BCUT2D eigenvalue weighted by Gasteiger charge is 2.16. The van der Waals surface area contributed by atoms with Crippen LogP contribution in [0.4, 0.5) is 0 Å². The van der Waals surface area contributed by atoms with Gasteiger partial charge in [0.1, 0.15) is 11.5 Å². The molecule has 0 fully saturated rings. The van der Waals surface area contributed by atoms with Crippen molar-refractivity contribution < 1.29 is 9.53 Å². The van der Waals surface area contributed by atoms with Crippen molar-refractivity contribution in [1.82, 2.24) is 0 Å². The summed E-state index contributed by atoms with van der Waals surface area (Å²) in [5, 5.41) is 0. The number of hydrogen-bond acceptors (Lipinski definition) is 2. The summed E-state index contributed by atoms with van der Waals surface area (Å²) in [6.45, 7) is 3.80. The Morgan fingerprint density at radius 1 is 1.43 bits per heavy atom. The SMILES string of the molecule is CCC(=O)C(C)c1ccccc1OC. The molecule has 0 bridgehead atoms. The molecule has 2 nitrogen and oxygen atoms in total. The summed E-state index contributed by atoms with van der Waals surface area (Å²) < 4.78 is 5.21. The first-order valence-corrected chi connectivity index (χ1v) is 4.86. The average Bonchev–Trinajstić information content (AvgIpc) is 2.26. The molecule has 0 heterocycles. The molecule has 0 aromatic heterocycles. The number of ketones is 1. The topological polar surface area (TPSA) is 26.3 Å². The maximum atomic E-state index is 11.5. The summed E-state index contributed by atoms with van der Waals surface area (Å²) in [6, 6.07) is 7.66. The van der Waals surface area contributed by atoms with Gasteiger partial charge in [-0.15, -0.1) is 0 Å². The molecule has 1 rings (SSSR count). The van der Waals surface area contributed by atoms with Crippen molar-refractivity contribution >= 4 is 5.78 Å². The summed E-state index contributed by atoms with van der Waals surface area (Å²) in [4.78, 5) is 11.5. The number of carbonyl (C=O) groups is 1. The van der Waals surface area contributed by atoms with Gasteiger partial charge in [-0.2, -0.15) is 0 Å². The predicted octanol–water partition coefficient (Wildman–Crippen LogP) is 2.78. The van der Waals surface area contributed by atoms with Crippen molar-refractivity contribution in [3.63, 3.8) is 0 Å². The monoisotopic (exact) mass is 192 g/mol. The van der Waals surface area contributed by atoms with E-state index >= 15 is 0 Å². The zero-order chi connectivity index (χ0) is 10.6. The van der Waals surface area contributed by atoms with E-state index in [1.807, 2.05) is 38.1 Å². The van der Waals surface area contributed by atoms with Gasteiger partial charge < -0.3 is 4.74 Å². The molecule has 2 heteroatoms. The molecule has 1 unspecified atom stereocenters. The van der Waals surface area contributed by atoms with Crippen LogP contribution in [0.25, 0.3) is 0 Å². The van der Waals surface area contributed by atoms with Crippen molar-refractivity contribution in [3.05, 3.63) is 29.8 Å². The molecule has 0 saturated carbocycles. The van der Waals surface area contributed by atoms with Crippen molar-refractivity contribution in [2.45, 2.75) is 26.2 Å². The lowest BCUT2D eigenvalue weighted by Crippen LogP contribution is -2.08. The second-order valence-electron chi connectivity index (χ2n) is 3.28. The van der Waals surface area contributed by atoms with E-state index in [1.165, 1.54) is 0 Å². The van der Waals surface area contributed by atoms with Crippen LogP contribution < -0.4 is 4.74 Å². The van der Waals surface area contributed by atoms with Crippen LogP contribution in [0.2, 0.25) is 0 Å². The number of hydrogen-bond donors (Lipinski definition) is 0. The quantitative estimate of drug-likeness (QED) is 0.733. The van der Waals surface area contributed by atoms with Gasteiger partial charge in [-0.1, -0.05) is 32.0 Å². The molecule has 1 atom stereocenters. The minimum atomic E-state index is -0.0730. The number of carbonyl (C=O) groups excluding carboxylic acids is 1. The molecule has 14 heavy (non-hydrogen) atoms. The highest BCUT2D eigenvalue weighted by Crippen LogP contribution is 2.27. The molecule has 0 aliphatic rings. The molecule has 0 radical (unpaired) electrons. The Morgan fingerprint density at radius 2 is 2.07 bits per heavy atom. The van der Waals surface area contributed by atoms with Gasteiger partial charge in [0.2, 0.25) is 0 Å². The minimum Gasteiger partial charge on any atom is -0.496 e. The van der Waals surface area contributed by atoms with Gasteiger partial charge in [0.05, 0.1) is 7.11 Å². The van der Waals surface area contributed by atoms with E-state index < -0.39 is 0 Å². The first-order chi connectivity index (χ1) is 6.70. The summed E-state index contributed by atoms with van der Waals surface area (Å²) in [5.41, 5.74) is 0.974. The Balaban J connectivity index is 2.99. The highest BCUT2D eigenvalue weighted by molar-refractivity contribution is 5.85. The lowest BCUT2D eigenvalue weighted by molar-refractivity contribution is -0.119.